The number of halogens is 5. The molecule has 2 aromatic heterocycles. The fraction of sp³-hybridized carbons (Fsp3) is 0.0455. The zero-order chi connectivity index (χ0) is 26.9. The molecule has 15 heteroatoms. The van der Waals surface area contributed by atoms with Crippen molar-refractivity contribution >= 4 is 23.2 Å². The molecule has 37 heavy (non-hydrogen) atoms. The van der Waals surface area contributed by atoms with E-state index in [4.69, 9.17) is 33.2 Å². The van der Waals surface area contributed by atoms with E-state index in [1.807, 2.05) is 4.98 Å². The summed E-state index contributed by atoms with van der Waals surface area (Å²) >= 11 is 12.6. The van der Waals surface area contributed by atoms with Gasteiger partial charge in [0.25, 0.3) is 11.1 Å². The Morgan fingerprint density at radius 2 is 1.68 bits per heavy atom. The van der Waals surface area contributed by atoms with Crippen LogP contribution in [0.3, 0.4) is 0 Å². The fourth-order valence-electron chi connectivity index (χ4n) is 3.09. The number of hydrogen-bond donors (Lipinski definition) is 1. The third-order valence-corrected chi connectivity index (χ3v) is 5.16. The Kier molecular flexibility index (Phi) is 6.80. The monoisotopic (exact) mass is 551 g/mol. The molecule has 4 aromatic rings. The lowest BCUT2D eigenvalue weighted by Gasteiger charge is -2.14. The predicted octanol–water partition coefficient (Wildman–Crippen LogP) is 3.94. The van der Waals surface area contributed by atoms with E-state index in [2.05, 4.69) is 9.84 Å². The molecule has 2 aromatic carbocycles. The van der Waals surface area contributed by atoms with Gasteiger partial charge in [0.1, 0.15) is 17.6 Å². The van der Waals surface area contributed by atoms with Gasteiger partial charge in [-0.25, -0.2) is 4.79 Å². The van der Waals surface area contributed by atoms with Gasteiger partial charge in [-0.15, -0.1) is 18.3 Å². The van der Waals surface area contributed by atoms with Gasteiger partial charge in [0.15, 0.2) is 5.75 Å². The molecule has 4 rings (SSSR count). The first-order valence-electron chi connectivity index (χ1n) is 9.85. The van der Waals surface area contributed by atoms with Gasteiger partial charge in [-0.05, 0) is 30.3 Å². The lowest BCUT2D eigenvalue weighted by Crippen LogP contribution is -2.33. The molecule has 0 fully saturated rings. The summed E-state index contributed by atoms with van der Waals surface area (Å²) in [7, 11) is 0. The van der Waals surface area contributed by atoms with Gasteiger partial charge in [-0.1, -0.05) is 29.3 Å². The molecule has 0 aliphatic heterocycles. The molecule has 0 spiro atoms. The van der Waals surface area contributed by atoms with Gasteiger partial charge in [0, 0.05) is 12.1 Å². The number of H-pyrrole nitrogens is 1. The molecule has 0 radical (unpaired) electrons. The van der Waals surface area contributed by atoms with Crippen LogP contribution < -0.4 is 26.3 Å². The van der Waals surface area contributed by atoms with Gasteiger partial charge in [-0.2, -0.15) is 9.94 Å². The number of nitriles is 1. The Labute approximate surface area is 213 Å². The summed E-state index contributed by atoms with van der Waals surface area (Å²) in [5.41, 5.74) is -3.01. The van der Waals surface area contributed by atoms with Gasteiger partial charge < -0.3 is 9.47 Å². The first-order chi connectivity index (χ1) is 17.4. The third kappa shape index (κ3) is 5.66. The van der Waals surface area contributed by atoms with Gasteiger partial charge in [0.05, 0.1) is 27.6 Å². The number of nitrogens with one attached hydrogen (secondary N) is 1. The highest BCUT2D eigenvalue weighted by Crippen LogP contribution is 2.38. The maximum Gasteiger partial charge on any atom is 0.573 e. The Bertz CT molecular complexity index is 1720. The van der Waals surface area contributed by atoms with Crippen molar-refractivity contribution in [2.75, 3.05) is 0 Å². The van der Waals surface area contributed by atoms with Crippen LogP contribution in [0.25, 0.3) is 11.4 Å². The molecular formula is C22H10Cl2F3N5O5. The highest BCUT2D eigenvalue weighted by Gasteiger charge is 2.31. The molecule has 0 amide bonds. The summed E-state index contributed by atoms with van der Waals surface area (Å²) in [6, 6.07) is 11.1. The van der Waals surface area contributed by atoms with E-state index in [-0.39, 0.29) is 32.9 Å². The number of ether oxygens (including phenoxy) is 2. The van der Waals surface area contributed by atoms with Crippen LogP contribution in [-0.2, 0) is 0 Å². The van der Waals surface area contributed by atoms with E-state index in [0.717, 1.165) is 22.8 Å². The Hall–Kier alpha value is -4.54. The molecule has 0 atom stereocenters. The number of aromatic amines is 1. The molecule has 0 unspecified atom stereocenters. The van der Waals surface area contributed by atoms with Crippen LogP contribution in [0, 0.1) is 11.3 Å². The van der Waals surface area contributed by atoms with Gasteiger partial charge in [-0.3, -0.25) is 19.1 Å². The number of hydrogen-bond acceptors (Lipinski definition) is 7. The Morgan fingerprint density at radius 3 is 2.32 bits per heavy atom. The normalized spacial score (nSPS) is 11.1. The van der Waals surface area contributed by atoms with Gasteiger partial charge >= 0.3 is 12.1 Å². The molecule has 188 valence electrons. The van der Waals surface area contributed by atoms with Gasteiger partial charge in [0.2, 0.25) is 5.69 Å². The lowest BCUT2D eigenvalue weighted by atomic mass is 10.3. The van der Waals surface area contributed by atoms with Crippen molar-refractivity contribution in [1.29, 1.82) is 5.26 Å². The van der Waals surface area contributed by atoms with E-state index in [1.54, 1.807) is 6.07 Å². The average molecular weight is 552 g/mol. The van der Waals surface area contributed by atoms with Crippen LogP contribution in [0.1, 0.15) is 5.69 Å². The SMILES string of the molecule is N#Cc1nn(-c2cc(Cl)c(Oc3ccc(=O)n(-c4cccc(OC(F)(F)F)c4)c3)c(Cl)c2)c(=O)[nH]c1=O. The van der Waals surface area contributed by atoms with E-state index in [0.29, 0.717) is 4.68 Å². The van der Waals surface area contributed by atoms with Crippen LogP contribution >= 0.6 is 23.2 Å². The van der Waals surface area contributed by atoms with Crippen LogP contribution in [0.5, 0.6) is 17.2 Å². The number of alkyl halides is 3. The smallest absolute Gasteiger partial charge is 0.453 e. The van der Waals surface area contributed by atoms with Crippen molar-refractivity contribution in [3.05, 3.63) is 102 Å². The minimum Gasteiger partial charge on any atom is -0.453 e. The van der Waals surface area contributed by atoms with E-state index in [9.17, 15) is 27.6 Å². The van der Waals surface area contributed by atoms with E-state index in [1.165, 1.54) is 36.5 Å². The van der Waals surface area contributed by atoms with Crippen LogP contribution in [-0.4, -0.2) is 25.7 Å². The van der Waals surface area contributed by atoms with Crippen LogP contribution in [0.2, 0.25) is 10.0 Å². The second kappa shape index (κ2) is 9.84. The minimum absolute atomic E-state index is 0.00606. The number of aromatic nitrogens is 4. The van der Waals surface area contributed by atoms with Crippen molar-refractivity contribution in [3.63, 3.8) is 0 Å². The molecule has 0 bridgehead atoms. The summed E-state index contributed by atoms with van der Waals surface area (Å²) in [5, 5.41) is 12.4. The highest BCUT2D eigenvalue weighted by atomic mass is 35.5. The maximum absolute atomic E-state index is 12.6. The number of pyridine rings is 1. The molecule has 0 saturated carbocycles. The van der Waals surface area contributed by atoms with E-state index >= 15 is 0 Å². The Balaban J connectivity index is 1.69. The van der Waals surface area contributed by atoms with Crippen molar-refractivity contribution in [1.82, 2.24) is 19.3 Å². The molecular weight excluding hydrogens is 542 g/mol. The third-order valence-electron chi connectivity index (χ3n) is 4.59. The number of nitrogens with zero attached hydrogens (tertiary/aromatic N) is 4. The maximum atomic E-state index is 12.6. The molecule has 0 aliphatic carbocycles. The summed E-state index contributed by atoms with van der Waals surface area (Å²) in [6.45, 7) is 0. The zero-order valence-electron chi connectivity index (χ0n) is 17.9. The van der Waals surface area contributed by atoms with Crippen molar-refractivity contribution in [2.45, 2.75) is 6.36 Å². The summed E-state index contributed by atoms with van der Waals surface area (Å²) < 4.78 is 49.0. The number of benzene rings is 2. The summed E-state index contributed by atoms with van der Waals surface area (Å²) in [4.78, 5) is 38.0. The molecule has 2 heterocycles. The molecule has 0 aliphatic rings. The summed E-state index contributed by atoms with van der Waals surface area (Å²) in [5.74, 6) is -0.593. The van der Waals surface area contributed by atoms with Crippen LogP contribution in [0.15, 0.2) is 69.1 Å². The van der Waals surface area contributed by atoms with Crippen molar-refractivity contribution in [3.8, 4) is 34.7 Å². The van der Waals surface area contributed by atoms with Crippen LogP contribution in [0.4, 0.5) is 13.2 Å². The minimum atomic E-state index is -4.92. The molecule has 0 saturated heterocycles. The lowest BCUT2D eigenvalue weighted by molar-refractivity contribution is -0.274. The first kappa shape index (κ1) is 25.5. The topological polar surface area (TPSA) is 132 Å². The summed E-state index contributed by atoms with van der Waals surface area (Å²) in [6.07, 6.45) is -3.72. The Morgan fingerprint density at radius 1 is 0.973 bits per heavy atom. The second-order valence-electron chi connectivity index (χ2n) is 7.09. The van der Waals surface area contributed by atoms with E-state index < -0.39 is 34.6 Å². The number of rotatable bonds is 5. The standard InChI is InChI=1S/C22H10Cl2F3N5O5/c23-15-7-12(32-21(35)29-20(34)17(9-28)30-32)8-16(24)19(15)36-14-4-5-18(33)31(10-14)11-2-1-3-13(6-11)37-22(25,26)27/h1-8,10H,(H,29,34,35). The average Bonchev–Trinajstić information content (AvgIpc) is 2.81. The molecule has 10 nitrogen and oxygen atoms in total. The quantitative estimate of drug-likeness (QED) is 0.397. The fourth-order valence-corrected chi connectivity index (χ4v) is 3.65. The zero-order valence-corrected chi connectivity index (χ0v) is 19.4. The second-order valence-corrected chi connectivity index (χ2v) is 7.90. The largest absolute Gasteiger partial charge is 0.573 e. The molecule has 1 N–H and O–H groups in total. The highest BCUT2D eigenvalue weighted by molar-refractivity contribution is 6.37. The predicted molar refractivity (Wildman–Crippen MR) is 124 cm³/mol. The first-order valence-corrected chi connectivity index (χ1v) is 10.6. The van der Waals surface area contributed by atoms with Crippen molar-refractivity contribution in [2.24, 2.45) is 0 Å². The van der Waals surface area contributed by atoms with Crippen molar-refractivity contribution < 1.29 is 22.6 Å².